The summed E-state index contributed by atoms with van der Waals surface area (Å²) in [4.78, 5) is 0. The standard InChI is InChI=1S/C23H28O2/c1-4-5-6-10-13-23(2,3)18-14-20(24)22-19(16-25-21(22)15-18)17-11-8-7-9-12-17/h7-9,11-12,14-16,24H,4-6,10,13H2,1-3H3. The van der Waals surface area contributed by atoms with Crippen molar-refractivity contribution in [2.24, 2.45) is 0 Å². The Morgan fingerprint density at radius 2 is 1.76 bits per heavy atom. The number of benzene rings is 2. The Balaban J connectivity index is 1.93. The molecule has 0 saturated heterocycles. The van der Waals surface area contributed by atoms with Crippen molar-refractivity contribution in [1.82, 2.24) is 0 Å². The first-order valence-corrected chi connectivity index (χ1v) is 9.33. The molecule has 0 bridgehead atoms. The molecule has 0 fully saturated rings. The predicted octanol–water partition coefficient (Wildman–Crippen LogP) is 7.05. The first-order valence-electron chi connectivity index (χ1n) is 9.33. The molecule has 0 aliphatic rings. The fourth-order valence-corrected chi connectivity index (χ4v) is 3.50. The van der Waals surface area contributed by atoms with Gasteiger partial charge in [0, 0.05) is 5.56 Å². The molecule has 0 atom stereocenters. The molecule has 0 aliphatic carbocycles. The highest BCUT2D eigenvalue weighted by Gasteiger charge is 2.23. The number of hydrogen-bond donors (Lipinski definition) is 1. The van der Waals surface area contributed by atoms with Crippen molar-refractivity contribution >= 4 is 11.0 Å². The third-order valence-corrected chi connectivity index (χ3v) is 5.18. The number of fused-ring (bicyclic) bond motifs is 1. The van der Waals surface area contributed by atoms with Gasteiger partial charge in [-0.2, -0.15) is 0 Å². The third-order valence-electron chi connectivity index (χ3n) is 5.18. The summed E-state index contributed by atoms with van der Waals surface area (Å²) in [6, 6.07) is 14.1. The molecule has 0 spiro atoms. The van der Waals surface area contributed by atoms with E-state index in [2.05, 4.69) is 26.8 Å². The summed E-state index contributed by atoms with van der Waals surface area (Å²) >= 11 is 0. The highest BCUT2D eigenvalue weighted by atomic mass is 16.3. The van der Waals surface area contributed by atoms with Gasteiger partial charge in [0.1, 0.15) is 11.3 Å². The lowest BCUT2D eigenvalue weighted by atomic mass is 9.79. The maximum Gasteiger partial charge on any atom is 0.138 e. The lowest BCUT2D eigenvalue weighted by molar-refractivity contribution is 0.438. The van der Waals surface area contributed by atoms with E-state index in [0.717, 1.165) is 34.1 Å². The second kappa shape index (κ2) is 7.35. The third kappa shape index (κ3) is 3.73. The molecular weight excluding hydrogens is 308 g/mol. The predicted molar refractivity (Wildman–Crippen MR) is 105 cm³/mol. The van der Waals surface area contributed by atoms with Crippen molar-refractivity contribution in [3.63, 3.8) is 0 Å². The van der Waals surface area contributed by atoms with Crippen LogP contribution in [0.5, 0.6) is 5.75 Å². The summed E-state index contributed by atoms with van der Waals surface area (Å²) in [7, 11) is 0. The van der Waals surface area contributed by atoms with Crippen molar-refractivity contribution in [3.8, 4) is 16.9 Å². The lowest BCUT2D eigenvalue weighted by Crippen LogP contribution is -2.16. The second-order valence-electron chi connectivity index (χ2n) is 7.58. The molecular formula is C23H28O2. The summed E-state index contributed by atoms with van der Waals surface area (Å²) in [5.74, 6) is 0.307. The van der Waals surface area contributed by atoms with Crippen LogP contribution in [0.25, 0.3) is 22.1 Å². The minimum atomic E-state index is 0.0269. The van der Waals surface area contributed by atoms with E-state index in [1.807, 2.05) is 36.4 Å². The van der Waals surface area contributed by atoms with Gasteiger partial charge in [-0.05, 0) is 35.1 Å². The van der Waals surface area contributed by atoms with Crippen molar-refractivity contribution in [1.29, 1.82) is 0 Å². The maximum atomic E-state index is 10.7. The fraction of sp³-hybridized carbons (Fsp3) is 0.391. The van der Waals surface area contributed by atoms with E-state index < -0.39 is 0 Å². The van der Waals surface area contributed by atoms with Crippen molar-refractivity contribution in [3.05, 3.63) is 54.3 Å². The van der Waals surface area contributed by atoms with E-state index in [9.17, 15) is 5.11 Å². The Morgan fingerprint density at radius 3 is 2.48 bits per heavy atom. The van der Waals surface area contributed by atoms with Crippen LogP contribution in [0.1, 0.15) is 58.4 Å². The topological polar surface area (TPSA) is 33.4 Å². The molecule has 0 saturated carbocycles. The number of furan rings is 1. The van der Waals surface area contributed by atoms with E-state index in [1.165, 1.54) is 25.7 Å². The van der Waals surface area contributed by atoms with Crippen LogP contribution < -0.4 is 0 Å². The van der Waals surface area contributed by atoms with Crippen LogP contribution in [-0.2, 0) is 5.41 Å². The van der Waals surface area contributed by atoms with Crippen LogP contribution in [0.2, 0.25) is 0 Å². The maximum absolute atomic E-state index is 10.7. The fourth-order valence-electron chi connectivity index (χ4n) is 3.50. The van der Waals surface area contributed by atoms with Gasteiger partial charge in [-0.15, -0.1) is 0 Å². The summed E-state index contributed by atoms with van der Waals surface area (Å²) in [6.07, 6.45) is 7.89. The Labute approximate surface area is 150 Å². The molecule has 2 aromatic carbocycles. The highest BCUT2D eigenvalue weighted by molar-refractivity contribution is 5.98. The van der Waals surface area contributed by atoms with Gasteiger partial charge >= 0.3 is 0 Å². The monoisotopic (exact) mass is 336 g/mol. The quantitative estimate of drug-likeness (QED) is 0.469. The molecule has 0 amide bonds. The first kappa shape index (κ1) is 17.6. The lowest BCUT2D eigenvalue weighted by Gasteiger charge is -2.25. The van der Waals surface area contributed by atoms with Gasteiger partial charge in [0.05, 0.1) is 11.6 Å². The average molecular weight is 336 g/mol. The summed E-state index contributed by atoms with van der Waals surface area (Å²) in [6.45, 7) is 6.74. The van der Waals surface area contributed by atoms with Crippen LogP contribution >= 0.6 is 0 Å². The number of aromatic hydroxyl groups is 1. The molecule has 1 N–H and O–H groups in total. The minimum Gasteiger partial charge on any atom is -0.507 e. The molecule has 25 heavy (non-hydrogen) atoms. The van der Waals surface area contributed by atoms with Gasteiger partial charge in [0.25, 0.3) is 0 Å². The van der Waals surface area contributed by atoms with E-state index in [4.69, 9.17) is 4.42 Å². The number of phenolic OH excluding ortho intramolecular Hbond substituents is 1. The Kier molecular flexibility index (Phi) is 5.17. The largest absolute Gasteiger partial charge is 0.507 e. The molecule has 3 rings (SSSR count). The van der Waals surface area contributed by atoms with E-state index in [0.29, 0.717) is 5.75 Å². The molecule has 1 aromatic heterocycles. The zero-order chi connectivity index (χ0) is 17.9. The highest BCUT2D eigenvalue weighted by Crippen LogP contribution is 2.40. The summed E-state index contributed by atoms with van der Waals surface area (Å²) < 4.78 is 5.80. The van der Waals surface area contributed by atoms with Crippen molar-refractivity contribution in [2.75, 3.05) is 0 Å². The van der Waals surface area contributed by atoms with Crippen LogP contribution in [0, 0.1) is 0 Å². The van der Waals surface area contributed by atoms with Gasteiger partial charge in [0.15, 0.2) is 0 Å². The normalized spacial score (nSPS) is 12.0. The van der Waals surface area contributed by atoms with Crippen molar-refractivity contribution < 1.29 is 9.52 Å². The van der Waals surface area contributed by atoms with E-state index in [-0.39, 0.29) is 5.41 Å². The number of phenols is 1. The molecule has 132 valence electrons. The molecule has 0 aliphatic heterocycles. The molecule has 2 nitrogen and oxygen atoms in total. The Morgan fingerprint density at radius 1 is 1.00 bits per heavy atom. The zero-order valence-electron chi connectivity index (χ0n) is 15.5. The van der Waals surface area contributed by atoms with E-state index in [1.54, 1.807) is 6.26 Å². The molecule has 3 aromatic rings. The Hall–Kier alpha value is -2.22. The van der Waals surface area contributed by atoms with Crippen LogP contribution in [-0.4, -0.2) is 5.11 Å². The summed E-state index contributed by atoms with van der Waals surface area (Å²) in [5, 5.41) is 11.5. The second-order valence-corrected chi connectivity index (χ2v) is 7.58. The van der Waals surface area contributed by atoms with Crippen molar-refractivity contribution in [2.45, 2.75) is 58.3 Å². The first-order chi connectivity index (χ1) is 12.0. The van der Waals surface area contributed by atoms with Gasteiger partial charge in [-0.25, -0.2) is 0 Å². The smallest absolute Gasteiger partial charge is 0.138 e. The minimum absolute atomic E-state index is 0.0269. The molecule has 0 unspecified atom stereocenters. The van der Waals surface area contributed by atoms with E-state index >= 15 is 0 Å². The summed E-state index contributed by atoms with van der Waals surface area (Å²) in [5.41, 5.74) is 3.93. The van der Waals surface area contributed by atoms with Gasteiger partial charge in [-0.1, -0.05) is 76.8 Å². The SMILES string of the molecule is CCCCCCC(C)(C)c1cc(O)c2c(-c3ccccc3)coc2c1. The molecule has 0 radical (unpaired) electrons. The Bertz CT molecular complexity index is 828. The number of rotatable bonds is 7. The van der Waals surface area contributed by atoms with Gasteiger partial charge in [0.2, 0.25) is 0 Å². The molecule has 1 heterocycles. The van der Waals surface area contributed by atoms with Gasteiger partial charge < -0.3 is 9.52 Å². The average Bonchev–Trinajstić information content (AvgIpc) is 3.04. The van der Waals surface area contributed by atoms with Gasteiger partial charge in [-0.3, -0.25) is 0 Å². The van der Waals surface area contributed by atoms with Crippen LogP contribution in [0.15, 0.2) is 53.1 Å². The van der Waals surface area contributed by atoms with Crippen LogP contribution in [0.4, 0.5) is 0 Å². The molecule has 2 heteroatoms. The van der Waals surface area contributed by atoms with Crippen LogP contribution in [0.3, 0.4) is 0 Å². The number of hydrogen-bond acceptors (Lipinski definition) is 2. The number of unbranched alkanes of at least 4 members (excludes halogenated alkanes) is 3. The zero-order valence-corrected chi connectivity index (χ0v) is 15.5.